The van der Waals surface area contributed by atoms with Gasteiger partial charge in [-0.3, -0.25) is 28.8 Å². The molecule has 9 N–H and O–H groups in total. The Morgan fingerprint density at radius 1 is 1.00 bits per heavy atom. The molecular weight excluding hydrogens is 366 g/mol. The van der Waals surface area contributed by atoms with E-state index < -0.39 is 66.7 Å². The van der Waals surface area contributed by atoms with Crippen molar-refractivity contribution in [3.63, 3.8) is 0 Å². The first-order chi connectivity index (χ1) is 12.4. The Balaban J connectivity index is 4.73. The minimum Gasteiger partial charge on any atom is -0.481 e. The number of nitrogens with two attached hydrogens (primary N) is 2. The summed E-state index contributed by atoms with van der Waals surface area (Å²) >= 11 is 0. The van der Waals surface area contributed by atoms with Crippen molar-refractivity contribution in [2.45, 2.75) is 44.3 Å². The fraction of sp³-hybridized carbons (Fsp3) is 0.571. The lowest BCUT2D eigenvalue weighted by atomic mass is 10.1. The van der Waals surface area contributed by atoms with E-state index in [1.807, 2.05) is 0 Å². The van der Waals surface area contributed by atoms with Gasteiger partial charge in [0.25, 0.3) is 0 Å². The van der Waals surface area contributed by atoms with Crippen LogP contribution in [0.25, 0.3) is 0 Å². The molecule has 4 amide bonds. The predicted octanol–water partition coefficient (Wildman–Crippen LogP) is -3.76. The molecule has 3 unspecified atom stereocenters. The molecule has 0 aromatic carbocycles. The smallest absolute Gasteiger partial charge is 0.325 e. The number of nitrogens with one attached hydrogen (secondary N) is 3. The standard InChI is InChI=1S/C14H23N5O8/c1-6(14(26)27)18-10(21)5-17-13(25)8(4-9(16)20)19-12(24)7(15)2-3-11(22)23/h6-8H,2-5,15H2,1H3,(H2,16,20)(H,17,25)(H,18,21)(H,19,24)(H,22,23)(H,26,27). The molecule has 0 bridgehead atoms. The fourth-order valence-electron chi connectivity index (χ4n) is 1.74. The largest absolute Gasteiger partial charge is 0.481 e. The summed E-state index contributed by atoms with van der Waals surface area (Å²) in [5.74, 6) is -5.96. The molecule has 0 aliphatic rings. The first-order valence-electron chi connectivity index (χ1n) is 7.80. The molecule has 0 aromatic heterocycles. The van der Waals surface area contributed by atoms with Gasteiger partial charge in [-0.05, 0) is 13.3 Å². The van der Waals surface area contributed by atoms with Crippen molar-refractivity contribution in [2.24, 2.45) is 11.5 Å². The van der Waals surface area contributed by atoms with Crippen molar-refractivity contribution in [1.82, 2.24) is 16.0 Å². The molecule has 0 aromatic rings. The van der Waals surface area contributed by atoms with E-state index in [1.54, 1.807) is 0 Å². The second-order valence-corrected chi connectivity index (χ2v) is 5.62. The van der Waals surface area contributed by atoms with Crippen LogP contribution in [0.15, 0.2) is 0 Å². The minimum absolute atomic E-state index is 0.193. The lowest BCUT2D eigenvalue weighted by Gasteiger charge is -2.19. The van der Waals surface area contributed by atoms with Crippen LogP contribution in [0.5, 0.6) is 0 Å². The monoisotopic (exact) mass is 389 g/mol. The first kappa shape index (κ1) is 23.8. The molecule has 0 rings (SSSR count). The summed E-state index contributed by atoms with van der Waals surface area (Å²) in [5.41, 5.74) is 10.5. The third-order valence-corrected chi connectivity index (χ3v) is 3.22. The summed E-state index contributed by atoms with van der Waals surface area (Å²) < 4.78 is 0. The van der Waals surface area contributed by atoms with Gasteiger partial charge in [-0.2, -0.15) is 0 Å². The molecule has 13 nitrogen and oxygen atoms in total. The van der Waals surface area contributed by atoms with Gasteiger partial charge in [-0.1, -0.05) is 0 Å². The van der Waals surface area contributed by atoms with Crippen LogP contribution >= 0.6 is 0 Å². The van der Waals surface area contributed by atoms with E-state index in [1.165, 1.54) is 6.92 Å². The number of carbonyl (C=O) groups is 6. The van der Waals surface area contributed by atoms with Crippen LogP contribution in [-0.4, -0.2) is 70.5 Å². The van der Waals surface area contributed by atoms with E-state index in [4.69, 9.17) is 21.7 Å². The number of carboxylic acids is 2. The Morgan fingerprint density at radius 2 is 1.59 bits per heavy atom. The number of carboxylic acid groups (broad SMARTS) is 2. The third-order valence-electron chi connectivity index (χ3n) is 3.22. The zero-order valence-corrected chi connectivity index (χ0v) is 14.6. The molecular formula is C14H23N5O8. The maximum Gasteiger partial charge on any atom is 0.325 e. The predicted molar refractivity (Wildman–Crippen MR) is 88.8 cm³/mol. The zero-order valence-electron chi connectivity index (χ0n) is 14.6. The highest BCUT2D eigenvalue weighted by Gasteiger charge is 2.26. The van der Waals surface area contributed by atoms with E-state index in [0.29, 0.717) is 0 Å². The summed E-state index contributed by atoms with van der Waals surface area (Å²) in [4.78, 5) is 67.7. The Bertz CT molecular complexity index is 608. The van der Waals surface area contributed by atoms with E-state index in [0.717, 1.165) is 0 Å². The van der Waals surface area contributed by atoms with Crippen LogP contribution < -0.4 is 27.4 Å². The summed E-state index contributed by atoms with van der Waals surface area (Å²) in [6, 6.07) is -3.85. The third kappa shape index (κ3) is 10.4. The molecule has 0 fully saturated rings. The molecule has 3 atom stereocenters. The molecule has 13 heteroatoms. The molecule has 0 spiro atoms. The topological polar surface area (TPSA) is 231 Å². The van der Waals surface area contributed by atoms with Crippen molar-refractivity contribution < 1.29 is 39.0 Å². The van der Waals surface area contributed by atoms with Crippen molar-refractivity contribution in [2.75, 3.05) is 6.54 Å². The number of primary amides is 1. The van der Waals surface area contributed by atoms with Gasteiger partial charge < -0.3 is 37.6 Å². The average molecular weight is 389 g/mol. The number of amides is 4. The highest BCUT2D eigenvalue weighted by atomic mass is 16.4. The highest BCUT2D eigenvalue weighted by Crippen LogP contribution is 1.98. The number of hydrogen-bond acceptors (Lipinski definition) is 7. The van der Waals surface area contributed by atoms with Crippen LogP contribution in [0.3, 0.4) is 0 Å². The fourth-order valence-corrected chi connectivity index (χ4v) is 1.74. The summed E-state index contributed by atoms with van der Waals surface area (Å²) in [7, 11) is 0. The van der Waals surface area contributed by atoms with E-state index in [-0.39, 0.29) is 12.8 Å². The molecule has 0 radical (unpaired) electrons. The normalized spacial score (nSPS) is 13.6. The van der Waals surface area contributed by atoms with Gasteiger partial charge in [-0.15, -0.1) is 0 Å². The van der Waals surface area contributed by atoms with Crippen LogP contribution in [0.4, 0.5) is 0 Å². The molecule has 27 heavy (non-hydrogen) atoms. The summed E-state index contributed by atoms with van der Waals surface area (Å²) in [6.45, 7) is 0.614. The SMILES string of the molecule is CC(NC(=O)CNC(=O)C(CC(N)=O)NC(=O)C(N)CCC(=O)O)C(=O)O. The second-order valence-electron chi connectivity index (χ2n) is 5.62. The van der Waals surface area contributed by atoms with Crippen molar-refractivity contribution in [3.8, 4) is 0 Å². The molecule has 0 aliphatic heterocycles. The van der Waals surface area contributed by atoms with Gasteiger partial charge in [0.15, 0.2) is 0 Å². The maximum absolute atomic E-state index is 12.1. The van der Waals surface area contributed by atoms with Gasteiger partial charge in [0, 0.05) is 6.42 Å². The van der Waals surface area contributed by atoms with Gasteiger partial charge in [0.05, 0.1) is 19.0 Å². The maximum atomic E-state index is 12.1. The number of rotatable bonds is 12. The van der Waals surface area contributed by atoms with Crippen molar-refractivity contribution in [1.29, 1.82) is 0 Å². The first-order valence-corrected chi connectivity index (χ1v) is 7.80. The van der Waals surface area contributed by atoms with Crippen molar-refractivity contribution >= 4 is 35.6 Å². The molecule has 0 aliphatic carbocycles. The molecule has 152 valence electrons. The quantitative estimate of drug-likeness (QED) is 0.173. The van der Waals surface area contributed by atoms with Gasteiger partial charge in [0.2, 0.25) is 23.6 Å². The Hall–Kier alpha value is -3.22. The van der Waals surface area contributed by atoms with Crippen LogP contribution in [0.2, 0.25) is 0 Å². The van der Waals surface area contributed by atoms with Gasteiger partial charge in [-0.25, -0.2) is 0 Å². The Morgan fingerprint density at radius 3 is 2.07 bits per heavy atom. The van der Waals surface area contributed by atoms with Crippen LogP contribution in [-0.2, 0) is 28.8 Å². The lowest BCUT2D eigenvalue weighted by Crippen LogP contribution is -2.54. The molecule has 0 heterocycles. The Kier molecular flexibility index (Phi) is 10.0. The highest BCUT2D eigenvalue weighted by molar-refractivity contribution is 5.95. The minimum atomic E-state index is -1.43. The molecule has 0 saturated heterocycles. The lowest BCUT2D eigenvalue weighted by molar-refractivity contribution is -0.141. The second kappa shape index (κ2) is 11.4. The van der Waals surface area contributed by atoms with E-state index >= 15 is 0 Å². The summed E-state index contributed by atoms with van der Waals surface area (Å²) in [6.07, 6.45) is -1.15. The number of aliphatic carboxylic acids is 2. The van der Waals surface area contributed by atoms with Crippen molar-refractivity contribution in [3.05, 3.63) is 0 Å². The Labute approximate surface area is 153 Å². The van der Waals surface area contributed by atoms with Crippen LogP contribution in [0.1, 0.15) is 26.2 Å². The van der Waals surface area contributed by atoms with Gasteiger partial charge in [0.1, 0.15) is 12.1 Å². The van der Waals surface area contributed by atoms with Crippen LogP contribution in [0, 0.1) is 0 Å². The summed E-state index contributed by atoms with van der Waals surface area (Å²) in [5, 5.41) is 23.6. The zero-order chi connectivity index (χ0) is 21.1. The average Bonchev–Trinajstić information content (AvgIpc) is 2.55. The number of carbonyl (C=O) groups excluding carboxylic acids is 4. The van der Waals surface area contributed by atoms with E-state index in [2.05, 4.69) is 16.0 Å². The van der Waals surface area contributed by atoms with Gasteiger partial charge >= 0.3 is 11.9 Å². The molecule has 0 saturated carbocycles. The van der Waals surface area contributed by atoms with E-state index in [9.17, 15) is 28.8 Å². The number of hydrogen-bond donors (Lipinski definition) is 7.